The van der Waals surface area contributed by atoms with E-state index in [0.29, 0.717) is 13.2 Å². The Labute approximate surface area is 165 Å². The lowest BCUT2D eigenvalue weighted by molar-refractivity contribution is -0.148. The minimum Gasteiger partial charge on any atom is -0.488 e. The Morgan fingerprint density at radius 1 is 1.04 bits per heavy atom. The lowest BCUT2D eigenvalue weighted by Gasteiger charge is -2.20. The normalized spacial score (nSPS) is 12.0. The van der Waals surface area contributed by atoms with Crippen LogP contribution < -0.4 is 4.74 Å². The van der Waals surface area contributed by atoms with Gasteiger partial charge >= 0.3 is 5.97 Å². The molecule has 0 aliphatic heterocycles. The molecule has 1 unspecified atom stereocenters. The average Bonchev–Trinajstić information content (AvgIpc) is 2.73. The van der Waals surface area contributed by atoms with E-state index in [1.807, 2.05) is 36.4 Å². The number of unbranched alkanes of at least 4 members (excludes halogenated alkanes) is 1. The number of benzene rings is 3. The molecule has 0 N–H and O–H groups in total. The lowest BCUT2D eigenvalue weighted by atomic mass is 10.0. The Hall–Kier alpha value is -2.85. The Morgan fingerprint density at radius 2 is 1.68 bits per heavy atom. The van der Waals surface area contributed by atoms with Crippen LogP contribution in [0, 0.1) is 0 Å². The second kappa shape index (κ2) is 9.90. The summed E-state index contributed by atoms with van der Waals surface area (Å²) in [6.07, 6.45) is 2.68. The van der Waals surface area contributed by atoms with Gasteiger partial charge in [0.05, 0.1) is 6.61 Å². The third-order valence-corrected chi connectivity index (χ3v) is 4.53. The van der Waals surface area contributed by atoms with Crippen LogP contribution in [0.3, 0.4) is 0 Å². The van der Waals surface area contributed by atoms with Crippen LogP contribution in [0.4, 0.5) is 0 Å². The minimum atomic E-state index is -0.500. The van der Waals surface area contributed by atoms with E-state index in [9.17, 15) is 4.79 Å². The van der Waals surface area contributed by atoms with Gasteiger partial charge < -0.3 is 14.2 Å². The van der Waals surface area contributed by atoms with Crippen LogP contribution in [-0.2, 0) is 14.3 Å². The third kappa shape index (κ3) is 4.90. The molecular formula is C24H26O4. The first-order valence-electron chi connectivity index (χ1n) is 9.67. The fourth-order valence-electron chi connectivity index (χ4n) is 3.09. The molecule has 0 saturated heterocycles. The highest BCUT2D eigenvalue weighted by atomic mass is 16.6. The zero-order valence-electron chi connectivity index (χ0n) is 16.2. The van der Waals surface area contributed by atoms with Crippen molar-refractivity contribution in [1.82, 2.24) is 0 Å². The van der Waals surface area contributed by atoms with Gasteiger partial charge in [0.15, 0.2) is 6.10 Å². The summed E-state index contributed by atoms with van der Waals surface area (Å²) >= 11 is 0. The van der Waals surface area contributed by atoms with Crippen LogP contribution in [-0.4, -0.2) is 31.9 Å². The van der Waals surface area contributed by atoms with Gasteiger partial charge in [-0.15, -0.1) is 0 Å². The number of rotatable bonds is 10. The summed E-state index contributed by atoms with van der Waals surface area (Å²) in [4.78, 5) is 11.7. The van der Waals surface area contributed by atoms with Crippen molar-refractivity contribution in [1.29, 1.82) is 0 Å². The first-order chi connectivity index (χ1) is 13.7. The van der Waals surface area contributed by atoms with Gasteiger partial charge in [-0.2, -0.15) is 0 Å². The van der Waals surface area contributed by atoms with Crippen LogP contribution in [0.25, 0.3) is 21.5 Å². The molecule has 3 aromatic carbocycles. The molecule has 3 aromatic rings. The maximum Gasteiger partial charge on any atom is 0.330 e. The highest BCUT2D eigenvalue weighted by molar-refractivity contribution is 6.05. The van der Waals surface area contributed by atoms with E-state index in [0.717, 1.165) is 46.2 Å². The summed E-state index contributed by atoms with van der Waals surface area (Å²) in [7, 11) is 0. The highest BCUT2D eigenvalue weighted by Gasteiger charge is 2.16. The molecule has 0 saturated carbocycles. The summed E-state index contributed by atoms with van der Waals surface area (Å²) < 4.78 is 17.3. The van der Waals surface area contributed by atoms with Gasteiger partial charge in [-0.1, -0.05) is 68.5 Å². The van der Waals surface area contributed by atoms with Gasteiger partial charge in [0.25, 0.3) is 0 Å². The van der Waals surface area contributed by atoms with E-state index < -0.39 is 12.1 Å². The summed E-state index contributed by atoms with van der Waals surface area (Å²) in [6.45, 7) is 6.71. The Morgan fingerprint density at radius 3 is 2.29 bits per heavy atom. The number of carbonyl (C=O) groups is 1. The zero-order chi connectivity index (χ0) is 19.8. The minimum absolute atomic E-state index is 0.212. The largest absolute Gasteiger partial charge is 0.488 e. The molecule has 0 radical (unpaired) electrons. The Kier molecular flexibility index (Phi) is 7.04. The van der Waals surface area contributed by atoms with E-state index in [4.69, 9.17) is 14.2 Å². The second-order valence-corrected chi connectivity index (χ2v) is 6.65. The van der Waals surface area contributed by atoms with E-state index in [2.05, 4.69) is 31.7 Å². The van der Waals surface area contributed by atoms with Crippen molar-refractivity contribution in [3.8, 4) is 5.75 Å². The molecule has 0 aliphatic carbocycles. The van der Waals surface area contributed by atoms with Crippen LogP contribution in [0.5, 0.6) is 5.75 Å². The SMILES string of the molecule is C=CC(=O)OC(COCCCC)COc1c2ccccc2cc2ccccc12. The molecule has 3 rings (SSSR count). The van der Waals surface area contributed by atoms with Crippen molar-refractivity contribution >= 4 is 27.5 Å². The molecule has 0 aliphatic rings. The van der Waals surface area contributed by atoms with Crippen molar-refractivity contribution in [3.63, 3.8) is 0 Å². The lowest BCUT2D eigenvalue weighted by Crippen LogP contribution is -2.29. The molecule has 0 amide bonds. The van der Waals surface area contributed by atoms with Gasteiger partial charge in [-0.05, 0) is 23.3 Å². The maximum absolute atomic E-state index is 11.7. The van der Waals surface area contributed by atoms with Gasteiger partial charge in [0.1, 0.15) is 12.4 Å². The van der Waals surface area contributed by atoms with Crippen molar-refractivity contribution < 1.29 is 19.0 Å². The summed E-state index contributed by atoms with van der Waals surface area (Å²) in [5.41, 5.74) is 0. The standard InChI is InChI=1S/C24H26O4/c1-3-5-14-26-16-20(28-23(25)4-2)17-27-24-21-12-8-6-10-18(21)15-19-11-7-9-13-22(19)24/h4,6-13,15,20H,2-3,5,14,16-17H2,1H3. The van der Waals surface area contributed by atoms with Crippen molar-refractivity contribution in [2.75, 3.05) is 19.8 Å². The van der Waals surface area contributed by atoms with Crippen molar-refractivity contribution in [2.24, 2.45) is 0 Å². The Balaban J connectivity index is 1.83. The zero-order valence-corrected chi connectivity index (χ0v) is 16.2. The molecule has 0 aromatic heterocycles. The molecule has 4 nitrogen and oxygen atoms in total. The molecule has 0 spiro atoms. The summed E-state index contributed by atoms with van der Waals surface area (Å²) in [5, 5.41) is 4.27. The highest BCUT2D eigenvalue weighted by Crippen LogP contribution is 2.34. The monoisotopic (exact) mass is 378 g/mol. The van der Waals surface area contributed by atoms with E-state index in [1.54, 1.807) is 0 Å². The predicted molar refractivity (Wildman–Crippen MR) is 113 cm³/mol. The first-order valence-corrected chi connectivity index (χ1v) is 9.67. The fourth-order valence-corrected chi connectivity index (χ4v) is 3.09. The number of carbonyl (C=O) groups excluding carboxylic acids is 1. The molecular weight excluding hydrogens is 352 g/mol. The summed E-state index contributed by atoms with van der Waals surface area (Å²) in [5.74, 6) is 0.317. The fraction of sp³-hybridized carbons (Fsp3) is 0.292. The molecule has 0 fully saturated rings. The van der Waals surface area contributed by atoms with E-state index >= 15 is 0 Å². The van der Waals surface area contributed by atoms with Gasteiger partial charge in [0, 0.05) is 23.5 Å². The number of hydrogen-bond donors (Lipinski definition) is 0. The number of hydrogen-bond acceptors (Lipinski definition) is 4. The molecule has 1 atom stereocenters. The topological polar surface area (TPSA) is 44.8 Å². The van der Waals surface area contributed by atoms with Crippen LogP contribution in [0.1, 0.15) is 19.8 Å². The number of esters is 1. The van der Waals surface area contributed by atoms with Crippen molar-refractivity contribution in [3.05, 3.63) is 67.3 Å². The third-order valence-electron chi connectivity index (χ3n) is 4.53. The Bertz CT molecular complexity index is 894. The number of fused-ring (bicyclic) bond motifs is 2. The van der Waals surface area contributed by atoms with Gasteiger partial charge in [-0.3, -0.25) is 0 Å². The average molecular weight is 378 g/mol. The van der Waals surface area contributed by atoms with Gasteiger partial charge in [0.2, 0.25) is 0 Å². The molecule has 0 heterocycles. The van der Waals surface area contributed by atoms with Crippen LogP contribution in [0.15, 0.2) is 67.3 Å². The molecule has 0 bridgehead atoms. The second-order valence-electron chi connectivity index (χ2n) is 6.65. The van der Waals surface area contributed by atoms with Crippen molar-refractivity contribution in [2.45, 2.75) is 25.9 Å². The molecule has 4 heteroatoms. The first kappa shape index (κ1) is 19.9. The molecule has 146 valence electrons. The number of ether oxygens (including phenoxy) is 3. The van der Waals surface area contributed by atoms with Crippen LogP contribution >= 0.6 is 0 Å². The smallest absolute Gasteiger partial charge is 0.330 e. The van der Waals surface area contributed by atoms with Crippen LogP contribution in [0.2, 0.25) is 0 Å². The quantitative estimate of drug-likeness (QED) is 0.208. The molecule has 28 heavy (non-hydrogen) atoms. The predicted octanol–water partition coefficient (Wildman–Crippen LogP) is 5.29. The summed E-state index contributed by atoms with van der Waals surface area (Å²) in [6, 6.07) is 18.4. The van der Waals surface area contributed by atoms with E-state index in [-0.39, 0.29) is 6.61 Å². The van der Waals surface area contributed by atoms with Gasteiger partial charge in [-0.25, -0.2) is 4.79 Å². The maximum atomic E-state index is 11.7. The van der Waals surface area contributed by atoms with E-state index in [1.165, 1.54) is 0 Å².